The van der Waals surface area contributed by atoms with Crippen LogP contribution in [-0.4, -0.2) is 4.57 Å². The van der Waals surface area contributed by atoms with Crippen LogP contribution in [0.5, 0.6) is 0 Å². The molecule has 0 radical (unpaired) electrons. The lowest BCUT2D eigenvalue weighted by molar-refractivity contribution is 1.18. The summed E-state index contributed by atoms with van der Waals surface area (Å²) in [5, 5.41) is 2.42. The first-order valence-corrected chi connectivity index (χ1v) is 21.3. The van der Waals surface area contributed by atoms with Crippen molar-refractivity contribution in [2.45, 2.75) is 0 Å². The van der Waals surface area contributed by atoms with Crippen molar-refractivity contribution in [3.8, 4) is 61.3 Å². The van der Waals surface area contributed by atoms with Crippen LogP contribution in [0.15, 0.2) is 255 Å². The van der Waals surface area contributed by atoms with E-state index in [1.807, 2.05) is 0 Å². The van der Waals surface area contributed by atoms with E-state index in [9.17, 15) is 0 Å². The Kier molecular flexibility index (Phi) is 9.57. The summed E-state index contributed by atoms with van der Waals surface area (Å²) in [4.78, 5) is 2.45. The summed E-state index contributed by atoms with van der Waals surface area (Å²) in [6.07, 6.45) is 0. The average Bonchev–Trinajstić information content (AvgIpc) is 3.69. The van der Waals surface area contributed by atoms with Gasteiger partial charge in [0.15, 0.2) is 0 Å². The highest BCUT2D eigenvalue weighted by Crippen LogP contribution is 2.47. The summed E-state index contributed by atoms with van der Waals surface area (Å²) in [5.41, 5.74) is 18.5. The number of nitrogens with zero attached hydrogens (tertiary/aromatic N) is 2. The van der Waals surface area contributed by atoms with Gasteiger partial charge in [0.1, 0.15) is 0 Å². The van der Waals surface area contributed by atoms with Gasteiger partial charge in [0.25, 0.3) is 0 Å². The molecule has 1 aromatic heterocycles. The standard InChI is InChI=1S/C60H42N2/c1-6-19-43(20-7-1)45-33-36-50(37-34-45)61(58-32-18-30-52(46-23-10-3-11-24-46)60(58)48-27-14-5-15-28-48)51-38-39-54-53-29-16-17-31-56(53)62(59(54)42-51)57-40-35-49(44-21-8-2-9-22-44)41-55(57)47-25-12-4-13-26-47/h1-42H. The minimum Gasteiger partial charge on any atom is -0.310 e. The Labute approximate surface area is 362 Å². The average molecular weight is 791 g/mol. The van der Waals surface area contributed by atoms with Gasteiger partial charge < -0.3 is 9.47 Å². The molecule has 0 unspecified atom stereocenters. The molecule has 10 aromatic carbocycles. The molecule has 0 atom stereocenters. The van der Waals surface area contributed by atoms with Crippen LogP contribution in [0.4, 0.5) is 17.1 Å². The maximum absolute atomic E-state index is 2.47. The van der Waals surface area contributed by atoms with Crippen LogP contribution in [-0.2, 0) is 0 Å². The monoisotopic (exact) mass is 790 g/mol. The van der Waals surface area contributed by atoms with Gasteiger partial charge in [-0.1, -0.05) is 206 Å². The minimum absolute atomic E-state index is 1.07. The van der Waals surface area contributed by atoms with Crippen molar-refractivity contribution >= 4 is 38.9 Å². The normalized spacial score (nSPS) is 11.2. The maximum Gasteiger partial charge on any atom is 0.0562 e. The molecule has 0 N–H and O–H groups in total. The fourth-order valence-electron chi connectivity index (χ4n) is 9.10. The molecule has 62 heavy (non-hydrogen) atoms. The van der Waals surface area contributed by atoms with E-state index in [1.54, 1.807) is 0 Å². The molecule has 2 nitrogen and oxygen atoms in total. The third kappa shape index (κ3) is 6.74. The topological polar surface area (TPSA) is 8.17 Å². The quantitative estimate of drug-likeness (QED) is 0.141. The van der Waals surface area contributed by atoms with Gasteiger partial charge in [0.05, 0.1) is 22.4 Å². The highest BCUT2D eigenvalue weighted by Gasteiger charge is 2.23. The largest absolute Gasteiger partial charge is 0.310 e. The zero-order valence-electron chi connectivity index (χ0n) is 34.1. The Morgan fingerprint density at radius 1 is 0.274 bits per heavy atom. The van der Waals surface area contributed by atoms with Crippen molar-refractivity contribution in [3.05, 3.63) is 255 Å². The van der Waals surface area contributed by atoms with Crippen LogP contribution in [0.1, 0.15) is 0 Å². The molecule has 11 rings (SSSR count). The van der Waals surface area contributed by atoms with Crippen molar-refractivity contribution in [1.29, 1.82) is 0 Å². The first-order valence-electron chi connectivity index (χ1n) is 21.3. The van der Waals surface area contributed by atoms with Gasteiger partial charge in [0.2, 0.25) is 0 Å². The summed E-state index contributed by atoms with van der Waals surface area (Å²) < 4.78 is 2.47. The molecule has 0 amide bonds. The van der Waals surface area contributed by atoms with Crippen molar-refractivity contribution in [1.82, 2.24) is 4.57 Å². The Bertz CT molecular complexity index is 3300. The lowest BCUT2D eigenvalue weighted by Crippen LogP contribution is -2.12. The summed E-state index contributed by atoms with van der Waals surface area (Å²) >= 11 is 0. The Balaban J connectivity index is 1.18. The Hall–Kier alpha value is -8.20. The first kappa shape index (κ1) is 36.8. The predicted molar refractivity (Wildman–Crippen MR) is 263 cm³/mol. The molecule has 1 heterocycles. The number of hydrogen-bond acceptors (Lipinski definition) is 1. The highest BCUT2D eigenvalue weighted by molar-refractivity contribution is 6.11. The van der Waals surface area contributed by atoms with Crippen LogP contribution in [0.3, 0.4) is 0 Å². The molecular formula is C60H42N2. The second kappa shape index (κ2) is 16.1. The molecule has 11 aromatic rings. The van der Waals surface area contributed by atoms with E-state index in [0.717, 1.165) is 33.8 Å². The van der Waals surface area contributed by atoms with Crippen LogP contribution in [0, 0.1) is 0 Å². The van der Waals surface area contributed by atoms with Crippen molar-refractivity contribution in [2.24, 2.45) is 0 Å². The fraction of sp³-hybridized carbons (Fsp3) is 0. The van der Waals surface area contributed by atoms with Crippen molar-refractivity contribution in [2.75, 3.05) is 4.90 Å². The lowest BCUT2D eigenvalue weighted by Gasteiger charge is -2.29. The van der Waals surface area contributed by atoms with Gasteiger partial charge in [-0.25, -0.2) is 0 Å². The van der Waals surface area contributed by atoms with E-state index in [1.165, 1.54) is 66.4 Å². The molecule has 0 aliphatic rings. The van der Waals surface area contributed by atoms with Gasteiger partial charge in [-0.3, -0.25) is 0 Å². The summed E-state index contributed by atoms with van der Waals surface area (Å²) in [5.74, 6) is 0. The van der Waals surface area contributed by atoms with E-state index >= 15 is 0 Å². The zero-order chi connectivity index (χ0) is 41.2. The predicted octanol–water partition coefficient (Wildman–Crippen LogP) is 16.6. The number of hydrogen-bond donors (Lipinski definition) is 0. The Morgan fingerprint density at radius 2 is 0.758 bits per heavy atom. The van der Waals surface area contributed by atoms with E-state index < -0.39 is 0 Å². The molecule has 0 fully saturated rings. The van der Waals surface area contributed by atoms with E-state index in [4.69, 9.17) is 0 Å². The Morgan fingerprint density at radius 3 is 1.40 bits per heavy atom. The summed E-state index contributed by atoms with van der Waals surface area (Å²) in [7, 11) is 0. The van der Waals surface area contributed by atoms with Crippen LogP contribution in [0.2, 0.25) is 0 Å². The van der Waals surface area contributed by atoms with Gasteiger partial charge in [0, 0.05) is 33.3 Å². The van der Waals surface area contributed by atoms with Gasteiger partial charge in [-0.15, -0.1) is 0 Å². The van der Waals surface area contributed by atoms with Crippen LogP contribution >= 0.6 is 0 Å². The van der Waals surface area contributed by atoms with Crippen LogP contribution in [0.25, 0.3) is 83.1 Å². The zero-order valence-corrected chi connectivity index (χ0v) is 34.1. The van der Waals surface area contributed by atoms with E-state index in [2.05, 4.69) is 264 Å². The van der Waals surface area contributed by atoms with Gasteiger partial charge in [-0.2, -0.15) is 0 Å². The number of anilines is 3. The number of fused-ring (bicyclic) bond motifs is 3. The number of para-hydroxylation sites is 1. The molecule has 0 spiro atoms. The van der Waals surface area contributed by atoms with Crippen molar-refractivity contribution < 1.29 is 0 Å². The molecule has 0 aliphatic carbocycles. The molecule has 0 saturated carbocycles. The lowest BCUT2D eigenvalue weighted by atomic mass is 9.92. The maximum atomic E-state index is 2.47. The molecular weight excluding hydrogens is 749 g/mol. The highest BCUT2D eigenvalue weighted by atomic mass is 15.1. The third-order valence-corrected chi connectivity index (χ3v) is 12.0. The summed E-state index contributed by atoms with van der Waals surface area (Å²) in [6.45, 7) is 0. The minimum atomic E-state index is 1.07. The molecule has 0 saturated heterocycles. The SMILES string of the molecule is c1ccc(-c2ccc(N(c3ccc4c5ccccc5n(-c5ccc(-c6ccccc6)cc5-c5ccccc5)c4c3)c3cccc(-c4ccccc4)c3-c3ccccc3)cc2)cc1. The second-order valence-electron chi connectivity index (χ2n) is 15.7. The number of rotatable bonds is 9. The van der Waals surface area contributed by atoms with Crippen LogP contribution < -0.4 is 4.90 Å². The van der Waals surface area contributed by atoms with Gasteiger partial charge in [-0.05, 0) is 93.0 Å². The summed E-state index contributed by atoms with van der Waals surface area (Å²) in [6, 6.07) is 92.2. The van der Waals surface area contributed by atoms with Gasteiger partial charge >= 0.3 is 0 Å². The molecule has 0 aliphatic heterocycles. The van der Waals surface area contributed by atoms with Crippen molar-refractivity contribution in [3.63, 3.8) is 0 Å². The first-order chi connectivity index (χ1) is 30.8. The molecule has 292 valence electrons. The molecule has 0 bridgehead atoms. The number of benzene rings is 10. The van der Waals surface area contributed by atoms with E-state index in [0.29, 0.717) is 0 Å². The molecule has 2 heteroatoms. The third-order valence-electron chi connectivity index (χ3n) is 12.0. The second-order valence-corrected chi connectivity index (χ2v) is 15.7. The number of aromatic nitrogens is 1. The van der Waals surface area contributed by atoms with E-state index in [-0.39, 0.29) is 0 Å². The smallest absolute Gasteiger partial charge is 0.0562 e. The fourth-order valence-corrected chi connectivity index (χ4v) is 9.10.